The average Bonchev–Trinajstić information content (AvgIpc) is 2.75. The monoisotopic (exact) mass is 404 g/mol. The van der Waals surface area contributed by atoms with Crippen LogP contribution in [0.4, 0.5) is 11.4 Å². The summed E-state index contributed by atoms with van der Waals surface area (Å²) in [4.78, 5) is 11.1. The van der Waals surface area contributed by atoms with Gasteiger partial charge < -0.3 is 14.6 Å². The van der Waals surface area contributed by atoms with Crippen LogP contribution in [-0.2, 0) is 11.2 Å². The lowest BCUT2D eigenvalue weighted by atomic mass is 10.1. The summed E-state index contributed by atoms with van der Waals surface area (Å²) in [5.41, 5.74) is 1.47. The van der Waals surface area contributed by atoms with Gasteiger partial charge in [-0.25, -0.2) is 4.79 Å². The largest absolute Gasteiger partial charge is 0.493 e. The molecule has 0 fully saturated rings. The normalized spacial score (nSPS) is 11.4. The van der Waals surface area contributed by atoms with Gasteiger partial charge in [-0.05, 0) is 67.9 Å². The van der Waals surface area contributed by atoms with E-state index in [2.05, 4.69) is 10.2 Å². The maximum absolute atomic E-state index is 11.1. The van der Waals surface area contributed by atoms with Gasteiger partial charge in [0.15, 0.2) is 5.60 Å². The molecule has 3 aromatic carbocycles. The molecule has 0 aliphatic carbocycles. The van der Waals surface area contributed by atoms with Gasteiger partial charge >= 0.3 is 5.97 Å². The molecule has 0 aliphatic heterocycles. The van der Waals surface area contributed by atoms with Gasteiger partial charge in [-0.3, -0.25) is 0 Å². The van der Waals surface area contributed by atoms with Gasteiger partial charge in [0.05, 0.1) is 18.0 Å². The van der Waals surface area contributed by atoms with E-state index in [1.54, 1.807) is 24.3 Å². The van der Waals surface area contributed by atoms with Crippen LogP contribution in [-0.4, -0.2) is 23.3 Å². The Hall–Kier alpha value is -3.67. The molecule has 0 bridgehead atoms. The average molecular weight is 404 g/mol. The standard InChI is InChI=1S/C24H24N2O4/c1-24(2,23(27)28)30-22-14-12-21(13-15-22)29-17-16-18-8-10-20(11-9-18)26-25-19-6-4-3-5-7-19/h3-15H,16-17H2,1-2H3,(H,27,28). The summed E-state index contributed by atoms with van der Waals surface area (Å²) >= 11 is 0. The Morgan fingerprint density at radius 1 is 0.833 bits per heavy atom. The second-order valence-electron chi connectivity index (χ2n) is 7.19. The topological polar surface area (TPSA) is 80.5 Å². The van der Waals surface area contributed by atoms with Crippen molar-refractivity contribution in [1.29, 1.82) is 0 Å². The number of nitrogens with zero attached hydrogens (tertiary/aromatic N) is 2. The van der Waals surface area contributed by atoms with E-state index in [1.807, 2.05) is 54.6 Å². The zero-order valence-electron chi connectivity index (χ0n) is 17.0. The first-order chi connectivity index (χ1) is 14.4. The van der Waals surface area contributed by atoms with E-state index in [9.17, 15) is 4.79 Å². The molecule has 0 amide bonds. The molecule has 0 atom stereocenters. The van der Waals surface area contributed by atoms with Crippen LogP contribution < -0.4 is 9.47 Å². The molecule has 0 heterocycles. The van der Waals surface area contributed by atoms with E-state index in [0.29, 0.717) is 18.1 Å². The third-order valence-corrected chi connectivity index (χ3v) is 4.34. The van der Waals surface area contributed by atoms with Crippen molar-refractivity contribution in [3.05, 3.63) is 84.4 Å². The smallest absolute Gasteiger partial charge is 0.347 e. The summed E-state index contributed by atoms with van der Waals surface area (Å²) < 4.78 is 11.2. The fourth-order valence-electron chi connectivity index (χ4n) is 2.57. The molecule has 0 aromatic heterocycles. The van der Waals surface area contributed by atoms with Gasteiger partial charge in [-0.1, -0.05) is 30.3 Å². The lowest BCUT2D eigenvalue weighted by Crippen LogP contribution is -2.37. The number of azo groups is 1. The molecule has 0 saturated carbocycles. The molecule has 0 spiro atoms. The molecule has 0 unspecified atom stereocenters. The first-order valence-electron chi connectivity index (χ1n) is 9.63. The quantitative estimate of drug-likeness (QED) is 0.446. The van der Waals surface area contributed by atoms with Gasteiger partial charge in [0.1, 0.15) is 11.5 Å². The maximum atomic E-state index is 11.1. The predicted octanol–water partition coefficient (Wildman–Crippen LogP) is 5.97. The number of ether oxygens (including phenoxy) is 2. The van der Waals surface area contributed by atoms with Crippen LogP contribution in [0.15, 0.2) is 89.1 Å². The van der Waals surface area contributed by atoms with Crippen molar-refractivity contribution in [1.82, 2.24) is 0 Å². The molecule has 0 saturated heterocycles. The number of hydrogen-bond donors (Lipinski definition) is 1. The van der Waals surface area contributed by atoms with E-state index in [0.717, 1.165) is 23.4 Å². The lowest BCUT2D eigenvalue weighted by Gasteiger charge is -2.21. The molecule has 0 aliphatic rings. The molecule has 154 valence electrons. The fraction of sp³-hybridized carbons (Fsp3) is 0.208. The third kappa shape index (κ3) is 6.17. The Morgan fingerprint density at radius 2 is 1.40 bits per heavy atom. The zero-order chi connectivity index (χ0) is 21.4. The highest BCUT2D eigenvalue weighted by atomic mass is 16.5. The lowest BCUT2D eigenvalue weighted by molar-refractivity contribution is -0.152. The number of benzene rings is 3. The number of hydrogen-bond acceptors (Lipinski definition) is 5. The van der Waals surface area contributed by atoms with E-state index in [1.165, 1.54) is 13.8 Å². The Labute approximate surface area is 175 Å². The van der Waals surface area contributed by atoms with Crippen LogP contribution in [0.25, 0.3) is 0 Å². The maximum Gasteiger partial charge on any atom is 0.347 e. The Morgan fingerprint density at radius 3 is 2.00 bits per heavy atom. The van der Waals surface area contributed by atoms with Crippen molar-refractivity contribution < 1.29 is 19.4 Å². The van der Waals surface area contributed by atoms with Gasteiger partial charge in [0, 0.05) is 6.42 Å². The summed E-state index contributed by atoms with van der Waals surface area (Å²) in [6, 6.07) is 24.4. The zero-order valence-corrected chi connectivity index (χ0v) is 17.0. The van der Waals surface area contributed by atoms with Crippen LogP contribution in [0, 0.1) is 0 Å². The second kappa shape index (κ2) is 9.69. The first kappa shape index (κ1) is 21.0. The molecular formula is C24H24N2O4. The van der Waals surface area contributed by atoms with Crippen LogP contribution in [0.5, 0.6) is 11.5 Å². The van der Waals surface area contributed by atoms with Crippen LogP contribution in [0.2, 0.25) is 0 Å². The van der Waals surface area contributed by atoms with Crippen LogP contribution in [0.3, 0.4) is 0 Å². The minimum atomic E-state index is -1.28. The summed E-state index contributed by atoms with van der Waals surface area (Å²) in [6.45, 7) is 3.54. The minimum Gasteiger partial charge on any atom is -0.493 e. The summed E-state index contributed by atoms with van der Waals surface area (Å²) in [5, 5.41) is 17.6. The number of carbonyl (C=O) groups is 1. The van der Waals surface area contributed by atoms with Crippen molar-refractivity contribution in [3.63, 3.8) is 0 Å². The first-order valence-corrected chi connectivity index (χ1v) is 9.63. The molecule has 6 heteroatoms. The number of carboxylic acid groups (broad SMARTS) is 1. The Kier molecular flexibility index (Phi) is 6.80. The van der Waals surface area contributed by atoms with E-state index in [-0.39, 0.29) is 0 Å². The highest BCUT2D eigenvalue weighted by Crippen LogP contribution is 2.23. The highest BCUT2D eigenvalue weighted by Gasteiger charge is 2.29. The van der Waals surface area contributed by atoms with Crippen molar-refractivity contribution in [2.24, 2.45) is 10.2 Å². The van der Waals surface area contributed by atoms with E-state index in [4.69, 9.17) is 14.6 Å². The van der Waals surface area contributed by atoms with E-state index >= 15 is 0 Å². The Balaban J connectivity index is 1.47. The second-order valence-corrected chi connectivity index (χ2v) is 7.19. The minimum absolute atomic E-state index is 0.481. The molecule has 6 nitrogen and oxygen atoms in total. The molecule has 3 rings (SSSR count). The van der Waals surface area contributed by atoms with Crippen molar-refractivity contribution >= 4 is 17.3 Å². The van der Waals surface area contributed by atoms with Gasteiger partial charge in [-0.2, -0.15) is 10.2 Å². The van der Waals surface area contributed by atoms with Gasteiger partial charge in [0.25, 0.3) is 0 Å². The molecular weight excluding hydrogens is 380 g/mol. The van der Waals surface area contributed by atoms with Crippen molar-refractivity contribution in [2.75, 3.05) is 6.61 Å². The molecule has 3 aromatic rings. The van der Waals surface area contributed by atoms with Gasteiger partial charge in [0.2, 0.25) is 0 Å². The predicted molar refractivity (Wildman–Crippen MR) is 115 cm³/mol. The SMILES string of the molecule is CC(C)(Oc1ccc(OCCc2ccc(N=Nc3ccccc3)cc2)cc1)C(=O)O. The number of aliphatic carboxylic acids is 1. The summed E-state index contributed by atoms with van der Waals surface area (Å²) in [7, 11) is 0. The van der Waals surface area contributed by atoms with E-state index < -0.39 is 11.6 Å². The highest BCUT2D eigenvalue weighted by molar-refractivity contribution is 5.76. The number of carboxylic acids is 1. The summed E-state index contributed by atoms with van der Waals surface area (Å²) in [5.74, 6) is 0.161. The third-order valence-electron chi connectivity index (χ3n) is 4.34. The van der Waals surface area contributed by atoms with Crippen LogP contribution in [0.1, 0.15) is 19.4 Å². The Bertz CT molecular complexity index is 982. The summed E-state index contributed by atoms with van der Waals surface area (Å²) in [6.07, 6.45) is 0.750. The fourth-order valence-corrected chi connectivity index (χ4v) is 2.57. The molecule has 1 N–H and O–H groups in total. The van der Waals surface area contributed by atoms with Gasteiger partial charge in [-0.15, -0.1) is 0 Å². The number of rotatable bonds is 9. The van der Waals surface area contributed by atoms with Crippen molar-refractivity contribution in [2.45, 2.75) is 25.9 Å². The molecule has 0 radical (unpaired) electrons. The molecule has 30 heavy (non-hydrogen) atoms. The van der Waals surface area contributed by atoms with Crippen LogP contribution >= 0.6 is 0 Å². The van der Waals surface area contributed by atoms with Crippen molar-refractivity contribution in [3.8, 4) is 11.5 Å².